The van der Waals surface area contributed by atoms with E-state index in [1.54, 1.807) is 11.9 Å². The summed E-state index contributed by atoms with van der Waals surface area (Å²) in [5.41, 5.74) is 9.80. The minimum atomic E-state index is -0.0682. The molecular formula is C12H18N2O. The molecule has 1 rings (SSSR count). The number of hydrogen-bond acceptors (Lipinski definition) is 2. The molecule has 1 amide bonds. The summed E-state index contributed by atoms with van der Waals surface area (Å²) in [6.45, 7) is 6.15. The third-order valence-corrected chi connectivity index (χ3v) is 2.72. The molecule has 0 radical (unpaired) electrons. The van der Waals surface area contributed by atoms with E-state index in [1.807, 2.05) is 19.9 Å². The summed E-state index contributed by atoms with van der Waals surface area (Å²) in [4.78, 5) is 13.1. The molecule has 3 nitrogen and oxygen atoms in total. The molecule has 1 aromatic carbocycles. The smallest absolute Gasteiger partial charge is 0.240 e. The number of nitrogens with two attached hydrogens (primary N) is 1. The second kappa shape index (κ2) is 4.45. The van der Waals surface area contributed by atoms with Crippen LogP contribution in [0.15, 0.2) is 12.1 Å². The van der Waals surface area contributed by atoms with Gasteiger partial charge in [-0.2, -0.15) is 0 Å². The van der Waals surface area contributed by atoms with Gasteiger partial charge in [-0.3, -0.25) is 4.79 Å². The minimum Gasteiger partial charge on any atom is -0.322 e. The van der Waals surface area contributed by atoms with Gasteiger partial charge in [0, 0.05) is 12.7 Å². The molecule has 1 aromatic rings. The van der Waals surface area contributed by atoms with Gasteiger partial charge in [-0.25, -0.2) is 0 Å². The third kappa shape index (κ3) is 2.36. The lowest BCUT2D eigenvalue weighted by Gasteiger charge is -2.20. The molecule has 0 spiro atoms. The number of anilines is 1. The highest BCUT2D eigenvalue weighted by Gasteiger charge is 2.11. The van der Waals surface area contributed by atoms with Crippen molar-refractivity contribution in [1.29, 1.82) is 0 Å². The van der Waals surface area contributed by atoms with Crippen LogP contribution < -0.4 is 10.6 Å². The third-order valence-electron chi connectivity index (χ3n) is 2.72. The Hall–Kier alpha value is -1.35. The maximum atomic E-state index is 11.5. The molecule has 0 saturated carbocycles. The van der Waals surface area contributed by atoms with Crippen molar-refractivity contribution in [3.63, 3.8) is 0 Å². The molecule has 0 unspecified atom stereocenters. The SMILES string of the molecule is Cc1cc(C)c(N(C)C(=O)CN)cc1C. The maximum Gasteiger partial charge on any atom is 0.240 e. The lowest BCUT2D eigenvalue weighted by molar-refractivity contribution is -0.117. The molecule has 0 saturated heterocycles. The quantitative estimate of drug-likeness (QED) is 0.797. The van der Waals surface area contributed by atoms with Crippen molar-refractivity contribution in [2.45, 2.75) is 20.8 Å². The number of rotatable bonds is 2. The first kappa shape index (κ1) is 11.7. The molecule has 0 aromatic heterocycles. The number of amides is 1. The summed E-state index contributed by atoms with van der Waals surface area (Å²) < 4.78 is 0. The zero-order valence-electron chi connectivity index (χ0n) is 9.79. The Balaban J connectivity index is 3.14. The van der Waals surface area contributed by atoms with Crippen LogP contribution in [-0.4, -0.2) is 19.5 Å². The maximum absolute atomic E-state index is 11.5. The first-order valence-corrected chi connectivity index (χ1v) is 5.02. The van der Waals surface area contributed by atoms with Crippen molar-refractivity contribution < 1.29 is 4.79 Å². The van der Waals surface area contributed by atoms with Crippen LogP contribution in [0.25, 0.3) is 0 Å². The molecular weight excluding hydrogens is 188 g/mol. The van der Waals surface area contributed by atoms with Gasteiger partial charge in [0.1, 0.15) is 0 Å². The summed E-state index contributed by atoms with van der Waals surface area (Å²) in [7, 11) is 1.76. The summed E-state index contributed by atoms with van der Waals surface area (Å²) in [5.74, 6) is -0.0682. The van der Waals surface area contributed by atoms with Gasteiger partial charge in [-0.15, -0.1) is 0 Å². The summed E-state index contributed by atoms with van der Waals surface area (Å²) in [6.07, 6.45) is 0. The normalized spacial score (nSPS) is 10.2. The highest BCUT2D eigenvalue weighted by molar-refractivity contribution is 5.94. The summed E-state index contributed by atoms with van der Waals surface area (Å²) >= 11 is 0. The molecule has 3 heteroatoms. The number of likely N-dealkylation sites (N-methyl/N-ethyl adjacent to an activating group) is 1. The first-order valence-electron chi connectivity index (χ1n) is 5.02. The van der Waals surface area contributed by atoms with Crippen molar-refractivity contribution >= 4 is 11.6 Å². The average Bonchev–Trinajstić information content (AvgIpc) is 2.21. The second-order valence-electron chi connectivity index (χ2n) is 3.88. The number of hydrogen-bond donors (Lipinski definition) is 1. The molecule has 2 N–H and O–H groups in total. The molecule has 0 aliphatic rings. The van der Waals surface area contributed by atoms with Gasteiger partial charge in [-0.05, 0) is 43.5 Å². The highest BCUT2D eigenvalue weighted by atomic mass is 16.2. The summed E-state index contributed by atoms with van der Waals surface area (Å²) in [5, 5.41) is 0. The summed E-state index contributed by atoms with van der Waals surface area (Å²) in [6, 6.07) is 4.11. The monoisotopic (exact) mass is 206 g/mol. The van der Waals surface area contributed by atoms with Crippen LogP contribution in [-0.2, 0) is 4.79 Å². The zero-order valence-corrected chi connectivity index (χ0v) is 9.79. The Kier molecular flexibility index (Phi) is 3.48. The number of nitrogens with zero attached hydrogens (tertiary/aromatic N) is 1. The highest BCUT2D eigenvalue weighted by Crippen LogP contribution is 2.23. The average molecular weight is 206 g/mol. The molecule has 0 fully saturated rings. The van der Waals surface area contributed by atoms with Crippen LogP contribution >= 0.6 is 0 Å². The van der Waals surface area contributed by atoms with Crippen LogP contribution in [0.4, 0.5) is 5.69 Å². The number of carbonyl (C=O) groups excluding carboxylic acids is 1. The Morgan fingerprint density at radius 1 is 1.20 bits per heavy atom. The van der Waals surface area contributed by atoms with E-state index in [4.69, 9.17) is 5.73 Å². The van der Waals surface area contributed by atoms with Crippen LogP contribution in [0, 0.1) is 20.8 Å². The topological polar surface area (TPSA) is 46.3 Å². The fourth-order valence-corrected chi connectivity index (χ4v) is 1.58. The predicted molar refractivity (Wildman–Crippen MR) is 63.1 cm³/mol. The predicted octanol–water partition coefficient (Wildman–Crippen LogP) is 1.53. The molecule has 0 bridgehead atoms. The van der Waals surface area contributed by atoms with Gasteiger partial charge in [-0.1, -0.05) is 6.07 Å². The molecule has 0 aliphatic heterocycles. The fourth-order valence-electron chi connectivity index (χ4n) is 1.58. The standard InChI is InChI=1S/C12H18N2O/c1-8-5-10(3)11(6-9(8)2)14(4)12(15)7-13/h5-6H,7,13H2,1-4H3. The minimum absolute atomic E-state index is 0.0445. The van der Waals surface area contributed by atoms with Crippen LogP contribution in [0.3, 0.4) is 0 Å². The van der Waals surface area contributed by atoms with Crippen LogP contribution in [0.1, 0.15) is 16.7 Å². The van der Waals surface area contributed by atoms with Crippen molar-refractivity contribution in [3.05, 3.63) is 28.8 Å². The van der Waals surface area contributed by atoms with Gasteiger partial charge >= 0.3 is 0 Å². The molecule has 15 heavy (non-hydrogen) atoms. The first-order chi connectivity index (χ1) is 6.97. The molecule has 0 heterocycles. The van der Waals surface area contributed by atoms with Crippen LogP contribution in [0.5, 0.6) is 0 Å². The Bertz CT molecular complexity index is 385. The van der Waals surface area contributed by atoms with E-state index in [2.05, 4.69) is 13.0 Å². The van der Waals surface area contributed by atoms with Gasteiger partial charge in [0.15, 0.2) is 0 Å². The van der Waals surface area contributed by atoms with E-state index in [9.17, 15) is 4.79 Å². The molecule has 0 aliphatic carbocycles. The van der Waals surface area contributed by atoms with Crippen molar-refractivity contribution in [2.24, 2.45) is 5.73 Å². The van der Waals surface area contributed by atoms with E-state index in [0.29, 0.717) is 0 Å². The molecule has 82 valence electrons. The number of carbonyl (C=O) groups is 1. The zero-order chi connectivity index (χ0) is 11.6. The fraction of sp³-hybridized carbons (Fsp3) is 0.417. The van der Waals surface area contributed by atoms with E-state index in [0.717, 1.165) is 11.3 Å². The van der Waals surface area contributed by atoms with E-state index < -0.39 is 0 Å². The Labute approximate surface area is 90.9 Å². The van der Waals surface area contributed by atoms with Gasteiger partial charge in [0.25, 0.3) is 0 Å². The lowest BCUT2D eigenvalue weighted by atomic mass is 10.0. The van der Waals surface area contributed by atoms with E-state index in [-0.39, 0.29) is 12.5 Å². The van der Waals surface area contributed by atoms with Crippen LogP contribution in [0.2, 0.25) is 0 Å². The number of benzene rings is 1. The van der Waals surface area contributed by atoms with Gasteiger partial charge in [0.05, 0.1) is 6.54 Å². The van der Waals surface area contributed by atoms with E-state index in [1.165, 1.54) is 11.1 Å². The van der Waals surface area contributed by atoms with Crippen molar-refractivity contribution in [3.8, 4) is 0 Å². The number of aryl methyl sites for hydroxylation is 3. The molecule has 0 atom stereocenters. The Morgan fingerprint density at radius 2 is 1.73 bits per heavy atom. The van der Waals surface area contributed by atoms with Crippen molar-refractivity contribution in [2.75, 3.05) is 18.5 Å². The van der Waals surface area contributed by atoms with Gasteiger partial charge in [0.2, 0.25) is 5.91 Å². The second-order valence-corrected chi connectivity index (χ2v) is 3.88. The largest absolute Gasteiger partial charge is 0.322 e. The Morgan fingerprint density at radius 3 is 2.27 bits per heavy atom. The lowest BCUT2D eigenvalue weighted by Crippen LogP contribution is -2.33. The van der Waals surface area contributed by atoms with Gasteiger partial charge < -0.3 is 10.6 Å². The van der Waals surface area contributed by atoms with E-state index >= 15 is 0 Å². The van der Waals surface area contributed by atoms with Crippen molar-refractivity contribution in [1.82, 2.24) is 0 Å².